The zero-order valence-corrected chi connectivity index (χ0v) is 9.58. The monoisotopic (exact) mass is 213 g/mol. The van der Waals surface area contributed by atoms with E-state index >= 15 is 0 Å². The lowest BCUT2D eigenvalue weighted by molar-refractivity contribution is 0.0187. The van der Waals surface area contributed by atoms with E-state index in [0.29, 0.717) is 0 Å². The summed E-state index contributed by atoms with van der Waals surface area (Å²) < 4.78 is 5.31. The Labute approximate surface area is 92.4 Å². The zero-order valence-electron chi connectivity index (χ0n) is 9.58. The summed E-state index contributed by atoms with van der Waals surface area (Å²) in [6.45, 7) is 5.02. The van der Waals surface area contributed by atoms with Crippen LogP contribution in [0.2, 0.25) is 0 Å². The van der Waals surface area contributed by atoms with Crippen molar-refractivity contribution in [2.75, 3.05) is 32.8 Å². The van der Waals surface area contributed by atoms with Gasteiger partial charge in [0, 0.05) is 13.1 Å². The van der Waals surface area contributed by atoms with Crippen molar-refractivity contribution in [1.82, 2.24) is 4.90 Å². The highest BCUT2D eigenvalue weighted by molar-refractivity contribution is 4.84. The summed E-state index contributed by atoms with van der Waals surface area (Å²) in [7, 11) is 0. The molecule has 1 N–H and O–H groups in total. The van der Waals surface area contributed by atoms with Crippen molar-refractivity contribution in [3.63, 3.8) is 0 Å². The summed E-state index contributed by atoms with van der Waals surface area (Å²) in [5.41, 5.74) is -0.313. The fourth-order valence-corrected chi connectivity index (χ4v) is 2.74. The Bertz CT molecular complexity index is 184. The van der Waals surface area contributed by atoms with Crippen LogP contribution in [-0.2, 0) is 4.74 Å². The fraction of sp³-hybridized carbons (Fsp3) is 1.00. The number of hydrogen-bond donors (Lipinski definition) is 1. The Morgan fingerprint density at radius 3 is 2.47 bits per heavy atom. The van der Waals surface area contributed by atoms with Crippen molar-refractivity contribution in [2.45, 2.75) is 44.1 Å². The molecular formula is C12H23NO2. The van der Waals surface area contributed by atoms with Crippen LogP contribution in [0.5, 0.6) is 0 Å². The topological polar surface area (TPSA) is 32.7 Å². The van der Waals surface area contributed by atoms with E-state index in [0.717, 1.165) is 58.5 Å². The molecule has 0 amide bonds. The summed E-state index contributed by atoms with van der Waals surface area (Å²) in [5.74, 6) is 0. The third-order valence-electron chi connectivity index (χ3n) is 3.75. The second kappa shape index (κ2) is 5.28. The van der Waals surface area contributed by atoms with Crippen LogP contribution in [0.25, 0.3) is 0 Å². The van der Waals surface area contributed by atoms with Gasteiger partial charge in [-0.2, -0.15) is 0 Å². The van der Waals surface area contributed by atoms with E-state index in [2.05, 4.69) is 4.90 Å². The van der Waals surface area contributed by atoms with Crippen LogP contribution in [-0.4, -0.2) is 48.5 Å². The summed E-state index contributed by atoms with van der Waals surface area (Å²) in [6, 6.07) is 0. The molecule has 0 aromatic carbocycles. The number of ether oxygens (including phenoxy) is 1. The Balaban J connectivity index is 1.61. The SMILES string of the molecule is OC1(CCCN2CCOCC2)CCCC1. The zero-order chi connectivity index (χ0) is 10.6. The molecule has 1 heterocycles. The number of morpholine rings is 1. The molecule has 15 heavy (non-hydrogen) atoms. The first-order valence-corrected chi connectivity index (χ1v) is 6.31. The number of nitrogens with zero attached hydrogens (tertiary/aromatic N) is 1. The molecule has 2 aliphatic rings. The summed E-state index contributed by atoms with van der Waals surface area (Å²) in [4.78, 5) is 2.45. The van der Waals surface area contributed by atoms with Crippen molar-refractivity contribution >= 4 is 0 Å². The first-order chi connectivity index (χ1) is 7.29. The largest absolute Gasteiger partial charge is 0.390 e. The van der Waals surface area contributed by atoms with Gasteiger partial charge in [0.15, 0.2) is 0 Å². The van der Waals surface area contributed by atoms with E-state index < -0.39 is 0 Å². The third kappa shape index (κ3) is 3.44. The maximum Gasteiger partial charge on any atom is 0.0648 e. The molecule has 0 aromatic rings. The highest BCUT2D eigenvalue weighted by atomic mass is 16.5. The molecule has 0 spiro atoms. The Hall–Kier alpha value is -0.120. The molecule has 2 rings (SSSR count). The summed E-state index contributed by atoms with van der Waals surface area (Å²) in [5, 5.41) is 10.2. The van der Waals surface area contributed by atoms with Gasteiger partial charge in [0.1, 0.15) is 0 Å². The Morgan fingerprint density at radius 1 is 1.13 bits per heavy atom. The lowest BCUT2D eigenvalue weighted by Crippen LogP contribution is -2.37. The highest BCUT2D eigenvalue weighted by Crippen LogP contribution is 2.33. The average molecular weight is 213 g/mol. The molecule has 3 nitrogen and oxygen atoms in total. The quantitative estimate of drug-likeness (QED) is 0.766. The van der Waals surface area contributed by atoms with Crippen LogP contribution in [0, 0.1) is 0 Å². The standard InChI is InChI=1S/C12H23NO2/c14-12(4-1-2-5-12)6-3-7-13-8-10-15-11-9-13/h14H,1-11H2. The first kappa shape index (κ1) is 11.4. The van der Waals surface area contributed by atoms with Crippen molar-refractivity contribution in [2.24, 2.45) is 0 Å². The Morgan fingerprint density at radius 2 is 1.80 bits per heavy atom. The molecule has 0 aromatic heterocycles. The van der Waals surface area contributed by atoms with E-state index in [1.165, 1.54) is 12.8 Å². The molecule has 1 aliphatic carbocycles. The maximum absolute atomic E-state index is 10.2. The molecule has 0 bridgehead atoms. The predicted octanol–water partition coefficient (Wildman–Crippen LogP) is 1.40. The third-order valence-corrected chi connectivity index (χ3v) is 3.75. The van der Waals surface area contributed by atoms with Gasteiger partial charge < -0.3 is 9.84 Å². The van der Waals surface area contributed by atoms with Gasteiger partial charge in [-0.25, -0.2) is 0 Å². The van der Waals surface area contributed by atoms with Gasteiger partial charge in [0.05, 0.1) is 18.8 Å². The van der Waals surface area contributed by atoms with Gasteiger partial charge in [0.2, 0.25) is 0 Å². The highest BCUT2D eigenvalue weighted by Gasteiger charge is 2.30. The maximum atomic E-state index is 10.2. The van der Waals surface area contributed by atoms with Crippen LogP contribution in [0.4, 0.5) is 0 Å². The van der Waals surface area contributed by atoms with Crippen molar-refractivity contribution in [3.05, 3.63) is 0 Å². The molecule has 1 saturated carbocycles. The van der Waals surface area contributed by atoms with Crippen molar-refractivity contribution in [1.29, 1.82) is 0 Å². The minimum absolute atomic E-state index is 0.313. The second-order valence-electron chi connectivity index (χ2n) is 4.99. The molecule has 0 unspecified atom stereocenters. The van der Waals surface area contributed by atoms with E-state index in [1.54, 1.807) is 0 Å². The number of hydrogen-bond acceptors (Lipinski definition) is 3. The van der Waals surface area contributed by atoms with Crippen LogP contribution in [0.15, 0.2) is 0 Å². The van der Waals surface area contributed by atoms with Gasteiger partial charge in [0.25, 0.3) is 0 Å². The lowest BCUT2D eigenvalue weighted by Gasteiger charge is -2.28. The number of aliphatic hydroxyl groups is 1. The fourth-order valence-electron chi connectivity index (χ4n) is 2.74. The van der Waals surface area contributed by atoms with Gasteiger partial charge in [-0.1, -0.05) is 12.8 Å². The summed E-state index contributed by atoms with van der Waals surface area (Å²) in [6.07, 6.45) is 6.61. The van der Waals surface area contributed by atoms with Gasteiger partial charge >= 0.3 is 0 Å². The first-order valence-electron chi connectivity index (χ1n) is 6.31. The second-order valence-corrected chi connectivity index (χ2v) is 4.99. The molecule has 1 saturated heterocycles. The average Bonchev–Trinajstić information content (AvgIpc) is 2.67. The van der Waals surface area contributed by atoms with Gasteiger partial charge in [-0.3, -0.25) is 4.90 Å². The molecule has 2 fully saturated rings. The van der Waals surface area contributed by atoms with E-state index in [9.17, 15) is 5.11 Å². The molecule has 0 radical (unpaired) electrons. The normalized spacial score (nSPS) is 27.0. The van der Waals surface area contributed by atoms with Crippen LogP contribution in [0.1, 0.15) is 38.5 Å². The molecule has 88 valence electrons. The smallest absolute Gasteiger partial charge is 0.0648 e. The Kier molecular flexibility index (Phi) is 4.00. The predicted molar refractivity (Wildman–Crippen MR) is 59.9 cm³/mol. The van der Waals surface area contributed by atoms with E-state index in [4.69, 9.17) is 4.74 Å². The van der Waals surface area contributed by atoms with Crippen LogP contribution < -0.4 is 0 Å². The number of rotatable bonds is 4. The minimum Gasteiger partial charge on any atom is -0.390 e. The minimum atomic E-state index is -0.313. The van der Waals surface area contributed by atoms with E-state index in [-0.39, 0.29) is 5.60 Å². The van der Waals surface area contributed by atoms with Gasteiger partial charge in [-0.05, 0) is 32.2 Å². The van der Waals surface area contributed by atoms with Crippen LogP contribution in [0.3, 0.4) is 0 Å². The summed E-state index contributed by atoms with van der Waals surface area (Å²) >= 11 is 0. The molecular weight excluding hydrogens is 190 g/mol. The lowest BCUT2D eigenvalue weighted by atomic mass is 9.96. The van der Waals surface area contributed by atoms with Crippen molar-refractivity contribution in [3.8, 4) is 0 Å². The van der Waals surface area contributed by atoms with Crippen molar-refractivity contribution < 1.29 is 9.84 Å². The molecule has 3 heteroatoms. The van der Waals surface area contributed by atoms with Crippen LogP contribution >= 0.6 is 0 Å². The van der Waals surface area contributed by atoms with E-state index in [1.807, 2.05) is 0 Å². The molecule has 1 aliphatic heterocycles. The van der Waals surface area contributed by atoms with Gasteiger partial charge in [-0.15, -0.1) is 0 Å². The molecule has 0 atom stereocenters.